The van der Waals surface area contributed by atoms with Crippen molar-refractivity contribution in [2.75, 3.05) is 13.2 Å². The first-order valence-electron chi connectivity index (χ1n) is 19.3. The van der Waals surface area contributed by atoms with Gasteiger partial charge in [-0.25, -0.2) is 4.57 Å². The highest BCUT2D eigenvalue weighted by Gasteiger charge is 2.39. The zero-order valence-corrected chi connectivity index (χ0v) is 32.7. The Hall–Kier alpha value is -2.92. The summed E-state index contributed by atoms with van der Waals surface area (Å²) in [5.41, 5.74) is 0. The highest BCUT2D eigenvalue weighted by Crippen LogP contribution is 2.36. The van der Waals surface area contributed by atoms with Crippen molar-refractivity contribution >= 4 is 25.5 Å². The number of carbonyl (C=O) groups excluding carboxylic acids is 3. The molecule has 0 unspecified atom stereocenters. The molecule has 1 rings (SSSR count). The summed E-state index contributed by atoms with van der Waals surface area (Å²) in [7, 11) is -4.83. The van der Waals surface area contributed by atoms with Crippen LogP contribution in [0.5, 0.6) is 0 Å². The van der Waals surface area contributed by atoms with Gasteiger partial charge in [0.1, 0.15) is 12.4 Å². The third-order valence-corrected chi connectivity index (χ3v) is 9.06. The van der Waals surface area contributed by atoms with Gasteiger partial charge in [0, 0.05) is 31.1 Å². The summed E-state index contributed by atoms with van der Waals surface area (Å²) in [4.78, 5) is 55.4. The lowest BCUT2D eigenvalue weighted by Gasteiger charge is -2.18. The van der Waals surface area contributed by atoms with Gasteiger partial charge in [0.25, 0.3) is 0 Å². The van der Waals surface area contributed by atoms with Gasteiger partial charge in [-0.1, -0.05) is 106 Å². The topological polar surface area (TPSA) is 177 Å². The van der Waals surface area contributed by atoms with Crippen molar-refractivity contribution in [2.24, 2.45) is 11.8 Å². The fourth-order valence-electron chi connectivity index (χ4n) is 5.64. The van der Waals surface area contributed by atoms with E-state index >= 15 is 0 Å². The van der Waals surface area contributed by atoms with Crippen molar-refractivity contribution in [3.63, 3.8) is 0 Å². The molecule has 11 nitrogen and oxygen atoms in total. The van der Waals surface area contributed by atoms with Crippen molar-refractivity contribution in [1.29, 1.82) is 0 Å². The quantitative estimate of drug-likeness (QED) is 0.0241. The molecule has 4 N–H and O–H groups in total. The summed E-state index contributed by atoms with van der Waals surface area (Å²) in [5.74, 6) is -1.88. The summed E-state index contributed by atoms with van der Waals surface area (Å²) in [6.45, 7) is 3.17. The predicted molar refractivity (Wildman–Crippen MR) is 208 cm³/mol. The number of aliphatic hydroxyl groups excluding tert-OH is 2. The summed E-state index contributed by atoms with van der Waals surface area (Å²) < 4.78 is 26.2. The normalized spacial score (nSPS) is 19.6. The van der Waals surface area contributed by atoms with E-state index in [1.807, 2.05) is 12.2 Å². The number of Topliss-reactive ketones (excluding diaryl/α,β-unsaturated/α-hetero) is 1. The number of hydrogen-bond acceptors (Lipinski definition) is 9. The number of aliphatic hydroxyl groups is 2. The summed E-state index contributed by atoms with van der Waals surface area (Å²) in [6.07, 6.45) is 32.8. The molecule has 1 aliphatic rings. The number of phosphoric ester groups is 1. The summed E-state index contributed by atoms with van der Waals surface area (Å²) in [5, 5.41) is 20.6. The first kappa shape index (κ1) is 48.1. The molecule has 0 aliphatic heterocycles. The van der Waals surface area contributed by atoms with E-state index in [-0.39, 0.29) is 36.9 Å². The van der Waals surface area contributed by atoms with Crippen molar-refractivity contribution in [3.8, 4) is 0 Å². The van der Waals surface area contributed by atoms with E-state index in [0.717, 1.165) is 57.8 Å². The molecule has 5 atom stereocenters. The Balaban J connectivity index is 2.37. The SMILES string of the molecule is CC/C=C\C/C=C\C/C=C\C/C=C\CCCCC(=O)O[C@H](COC(=O)CCC/C=C\C[C@H]1C(=O)C[C@@H](O)[C@@H]1/C=C/[C@@H](O)CCCCC)COP(=O)(O)O. The van der Waals surface area contributed by atoms with Crippen LogP contribution in [0, 0.1) is 11.8 Å². The van der Waals surface area contributed by atoms with Crippen LogP contribution in [0.15, 0.2) is 72.9 Å². The van der Waals surface area contributed by atoms with E-state index in [1.165, 1.54) is 0 Å². The highest BCUT2D eigenvalue weighted by atomic mass is 31.2. The Morgan fingerprint density at radius 1 is 0.811 bits per heavy atom. The van der Waals surface area contributed by atoms with Gasteiger partial charge in [0.05, 0.1) is 18.8 Å². The Labute approximate surface area is 317 Å². The minimum atomic E-state index is -4.83. The minimum absolute atomic E-state index is 0.0133. The Morgan fingerprint density at radius 3 is 2.09 bits per heavy atom. The Morgan fingerprint density at radius 2 is 1.43 bits per heavy atom. The molecule has 1 saturated carbocycles. The van der Waals surface area contributed by atoms with E-state index in [4.69, 9.17) is 19.3 Å². The third kappa shape index (κ3) is 26.5. The zero-order valence-electron chi connectivity index (χ0n) is 31.8. The molecule has 0 radical (unpaired) electrons. The standard InChI is InChI=1S/C41H65O11P/c1-3-5-7-8-9-10-11-12-13-14-15-16-17-18-24-28-41(46)52-35(33-51-53(47,48)49)32-50-40(45)27-23-20-19-22-26-36-37(39(44)31-38(36)43)30-29-34(42)25-21-6-4-2/h5,7,9-10,12-13,15-16,19,22,29-30,34-37,39,42,44H,3-4,6,8,11,14,17-18,20-21,23-28,31-33H2,1-2H3,(H2,47,48,49)/b7-5-,10-9-,13-12-,16-15-,22-19-,30-29+/t34-,35+,36+,37+,39+/m0/s1. The smallest absolute Gasteiger partial charge is 0.462 e. The van der Waals surface area contributed by atoms with Crippen molar-refractivity contribution in [1.82, 2.24) is 0 Å². The van der Waals surface area contributed by atoms with Crippen LogP contribution in [0.4, 0.5) is 0 Å². The lowest BCUT2D eigenvalue weighted by atomic mass is 9.90. The average molecular weight is 765 g/mol. The van der Waals surface area contributed by atoms with Crippen LogP contribution in [0.25, 0.3) is 0 Å². The zero-order chi connectivity index (χ0) is 39.2. The lowest BCUT2D eigenvalue weighted by Crippen LogP contribution is -2.29. The van der Waals surface area contributed by atoms with Crippen LogP contribution >= 0.6 is 7.82 Å². The molecule has 53 heavy (non-hydrogen) atoms. The molecule has 0 spiro atoms. The molecule has 0 aromatic rings. The fourth-order valence-corrected chi connectivity index (χ4v) is 6.00. The number of rotatable bonds is 30. The van der Waals surface area contributed by atoms with Gasteiger partial charge in [0.15, 0.2) is 6.10 Å². The maximum Gasteiger partial charge on any atom is 0.469 e. The van der Waals surface area contributed by atoms with E-state index in [0.29, 0.717) is 32.1 Å². The minimum Gasteiger partial charge on any atom is -0.462 e. The van der Waals surface area contributed by atoms with Crippen molar-refractivity contribution in [2.45, 2.75) is 141 Å². The van der Waals surface area contributed by atoms with Crippen molar-refractivity contribution < 1.29 is 52.9 Å². The van der Waals surface area contributed by atoms with E-state index in [1.54, 1.807) is 12.2 Å². The molecule has 1 fully saturated rings. The first-order chi connectivity index (χ1) is 25.5. The Bertz CT molecular complexity index is 1250. The number of esters is 2. The van der Waals surface area contributed by atoms with E-state index < -0.39 is 51.3 Å². The highest BCUT2D eigenvalue weighted by molar-refractivity contribution is 7.46. The molecule has 1 aliphatic carbocycles. The second kappa shape index (κ2) is 30.4. The van der Waals surface area contributed by atoms with Crippen LogP contribution in [0.3, 0.4) is 0 Å². The second-order valence-electron chi connectivity index (χ2n) is 13.3. The number of allylic oxidation sites excluding steroid dienone is 10. The van der Waals surface area contributed by atoms with Gasteiger partial charge in [-0.2, -0.15) is 0 Å². The summed E-state index contributed by atoms with van der Waals surface area (Å²) in [6, 6.07) is 0. The predicted octanol–water partition coefficient (Wildman–Crippen LogP) is 8.10. The van der Waals surface area contributed by atoms with Crippen molar-refractivity contribution in [3.05, 3.63) is 72.9 Å². The number of phosphoric acid groups is 1. The number of ether oxygens (including phenoxy) is 2. The molecule has 300 valence electrons. The molecule has 0 saturated heterocycles. The van der Waals surface area contributed by atoms with Crippen LogP contribution < -0.4 is 0 Å². The number of unbranched alkanes of at least 4 members (excludes halogenated alkanes) is 5. The van der Waals surface area contributed by atoms with Gasteiger partial charge in [0.2, 0.25) is 0 Å². The molecule has 0 heterocycles. The molecular formula is C41H65O11P. The van der Waals surface area contributed by atoms with E-state index in [2.05, 4.69) is 67.0 Å². The lowest BCUT2D eigenvalue weighted by molar-refractivity contribution is -0.161. The molecule has 0 bridgehead atoms. The molecular weight excluding hydrogens is 699 g/mol. The van der Waals surface area contributed by atoms with Gasteiger partial charge in [-0.3, -0.25) is 18.9 Å². The number of ketones is 1. The molecule has 12 heteroatoms. The number of hydrogen-bond donors (Lipinski definition) is 4. The fraction of sp³-hybridized carbons (Fsp3) is 0.634. The van der Waals surface area contributed by atoms with E-state index in [9.17, 15) is 29.2 Å². The third-order valence-electron chi connectivity index (χ3n) is 8.58. The molecule has 0 aromatic carbocycles. The van der Waals surface area contributed by atoms with Crippen LogP contribution in [-0.4, -0.2) is 69.2 Å². The summed E-state index contributed by atoms with van der Waals surface area (Å²) >= 11 is 0. The largest absolute Gasteiger partial charge is 0.469 e. The monoisotopic (exact) mass is 764 g/mol. The van der Waals surface area contributed by atoms with Crippen LogP contribution in [0.1, 0.15) is 123 Å². The van der Waals surface area contributed by atoms with Crippen LogP contribution in [0.2, 0.25) is 0 Å². The molecule has 0 amide bonds. The average Bonchev–Trinajstić information content (AvgIpc) is 3.38. The maximum atomic E-state index is 12.5. The van der Waals surface area contributed by atoms with Crippen LogP contribution in [-0.2, 0) is 32.9 Å². The van der Waals surface area contributed by atoms with Gasteiger partial charge >= 0.3 is 19.8 Å². The molecule has 0 aromatic heterocycles. The first-order valence-corrected chi connectivity index (χ1v) is 20.9. The Kier molecular flexibility index (Phi) is 27.6. The van der Waals surface area contributed by atoms with Gasteiger partial charge in [-0.15, -0.1) is 0 Å². The second-order valence-corrected chi connectivity index (χ2v) is 14.5. The van der Waals surface area contributed by atoms with Gasteiger partial charge in [-0.05, 0) is 70.6 Å². The van der Waals surface area contributed by atoms with Gasteiger partial charge < -0.3 is 29.5 Å². The maximum absolute atomic E-state index is 12.5. The number of carbonyl (C=O) groups is 3.